The van der Waals surface area contributed by atoms with Crippen molar-refractivity contribution in [2.24, 2.45) is 23.2 Å². The average Bonchev–Trinajstić information content (AvgIpc) is 2.50. The molecule has 2 aliphatic carbocycles. The second kappa shape index (κ2) is 7.99. The van der Waals surface area contributed by atoms with Crippen LogP contribution in [0.5, 0.6) is 0 Å². The van der Waals surface area contributed by atoms with Crippen molar-refractivity contribution >= 4 is 0 Å². The van der Waals surface area contributed by atoms with E-state index in [0.29, 0.717) is 5.41 Å². The Balaban J connectivity index is 1.59. The Morgan fingerprint density at radius 2 is 1.52 bits per heavy atom. The molecule has 0 amide bonds. The zero-order valence-corrected chi connectivity index (χ0v) is 15.1. The van der Waals surface area contributed by atoms with Crippen LogP contribution in [0.2, 0.25) is 0 Å². The molecular weight excluding hydrogens is 254 g/mol. The summed E-state index contributed by atoms with van der Waals surface area (Å²) in [5, 5.41) is 3.87. The van der Waals surface area contributed by atoms with Crippen LogP contribution in [0.25, 0.3) is 0 Å². The highest BCUT2D eigenvalue weighted by Crippen LogP contribution is 2.40. The lowest BCUT2D eigenvalue weighted by atomic mass is 9.69. The molecule has 0 saturated heterocycles. The third kappa shape index (κ3) is 5.27. The van der Waals surface area contributed by atoms with Gasteiger partial charge in [0.05, 0.1) is 0 Å². The molecule has 1 nitrogen and oxygen atoms in total. The quantitative estimate of drug-likeness (QED) is 0.654. The van der Waals surface area contributed by atoms with Gasteiger partial charge in [-0.15, -0.1) is 0 Å². The Labute approximate surface area is 133 Å². The summed E-state index contributed by atoms with van der Waals surface area (Å²) < 4.78 is 0. The van der Waals surface area contributed by atoms with E-state index in [2.05, 4.69) is 33.0 Å². The summed E-state index contributed by atoms with van der Waals surface area (Å²) in [6, 6.07) is 0.816. The van der Waals surface area contributed by atoms with Crippen LogP contribution in [0, 0.1) is 23.2 Å². The maximum Gasteiger partial charge on any atom is 0.00672 e. The molecule has 21 heavy (non-hydrogen) atoms. The zero-order valence-electron chi connectivity index (χ0n) is 15.1. The second-order valence-corrected chi connectivity index (χ2v) is 8.76. The highest BCUT2D eigenvalue weighted by molar-refractivity contribution is 4.85. The van der Waals surface area contributed by atoms with Gasteiger partial charge in [0.15, 0.2) is 0 Å². The summed E-state index contributed by atoms with van der Waals surface area (Å²) in [6.07, 6.45) is 14.4. The monoisotopic (exact) mass is 293 g/mol. The number of rotatable bonds is 6. The van der Waals surface area contributed by atoms with Crippen LogP contribution in [0.1, 0.15) is 91.9 Å². The summed E-state index contributed by atoms with van der Waals surface area (Å²) in [5.74, 6) is 2.97. The van der Waals surface area contributed by atoms with Gasteiger partial charge in [0.2, 0.25) is 0 Å². The molecule has 0 bridgehead atoms. The molecule has 0 aromatic rings. The molecule has 0 unspecified atom stereocenters. The summed E-state index contributed by atoms with van der Waals surface area (Å²) >= 11 is 0. The molecule has 0 radical (unpaired) electrons. The van der Waals surface area contributed by atoms with Crippen molar-refractivity contribution in [1.82, 2.24) is 5.32 Å². The third-order valence-electron chi connectivity index (χ3n) is 6.86. The lowest BCUT2D eigenvalue weighted by molar-refractivity contribution is 0.136. The van der Waals surface area contributed by atoms with Gasteiger partial charge in [-0.2, -0.15) is 0 Å². The first-order valence-corrected chi connectivity index (χ1v) is 9.74. The van der Waals surface area contributed by atoms with Crippen LogP contribution in [-0.4, -0.2) is 12.6 Å². The molecule has 124 valence electrons. The van der Waals surface area contributed by atoms with Crippen molar-refractivity contribution < 1.29 is 0 Å². The molecule has 2 saturated carbocycles. The van der Waals surface area contributed by atoms with Gasteiger partial charge in [-0.05, 0) is 61.8 Å². The Bertz CT molecular complexity index is 280. The number of nitrogens with one attached hydrogen (secondary N) is 1. The molecule has 1 N–H and O–H groups in total. The third-order valence-corrected chi connectivity index (χ3v) is 6.86. The lowest BCUT2D eigenvalue weighted by Crippen LogP contribution is -2.37. The first-order valence-electron chi connectivity index (χ1n) is 9.74. The van der Waals surface area contributed by atoms with E-state index < -0.39 is 0 Å². The molecule has 2 rings (SSSR count). The van der Waals surface area contributed by atoms with Gasteiger partial charge in [-0.25, -0.2) is 0 Å². The van der Waals surface area contributed by atoms with E-state index in [4.69, 9.17) is 0 Å². The minimum atomic E-state index is 0.559. The summed E-state index contributed by atoms with van der Waals surface area (Å²) in [6.45, 7) is 11.0. The van der Waals surface area contributed by atoms with E-state index in [9.17, 15) is 0 Å². The molecule has 0 aromatic carbocycles. The Hall–Kier alpha value is -0.0400. The Morgan fingerprint density at radius 1 is 0.905 bits per heavy atom. The van der Waals surface area contributed by atoms with Crippen LogP contribution < -0.4 is 5.32 Å². The number of hydrogen-bond acceptors (Lipinski definition) is 1. The maximum atomic E-state index is 3.87. The van der Waals surface area contributed by atoms with Gasteiger partial charge < -0.3 is 5.32 Å². The SMILES string of the molecule is CCC(C)(C)C1CCC(NCCC2CCC(C)CC2)CC1. The largest absolute Gasteiger partial charge is 0.314 e. The van der Waals surface area contributed by atoms with E-state index in [-0.39, 0.29) is 0 Å². The molecule has 1 heteroatoms. The normalized spacial score (nSPS) is 34.9. The van der Waals surface area contributed by atoms with Gasteiger partial charge in [-0.1, -0.05) is 59.8 Å². The topological polar surface area (TPSA) is 12.0 Å². The first kappa shape index (κ1) is 17.3. The van der Waals surface area contributed by atoms with Gasteiger partial charge >= 0.3 is 0 Å². The van der Waals surface area contributed by atoms with Crippen molar-refractivity contribution in [2.45, 2.75) is 97.9 Å². The number of hydrogen-bond donors (Lipinski definition) is 1. The molecule has 0 atom stereocenters. The smallest absolute Gasteiger partial charge is 0.00672 e. The van der Waals surface area contributed by atoms with Gasteiger partial charge in [0.1, 0.15) is 0 Å². The van der Waals surface area contributed by atoms with Gasteiger partial charge in [0.25, 0.3) is 0 Å². The fourth-order valence-corrected chi connectivity index (χ4v) is 4.48. The van der Waals surface area contributed by atoms with Crippen LogP contribution >= 0.6 is 0 Å². The zero-order chi connectivity index (χ0) is 15.3. The molecular formula is C20H39N. The van der Waals surface area contributed by atoms with Crippen molar-refractivity contribution in [3.8, 4) is 0 Å². The van der Waals surface area contributed by atoms with Crippen molar-refractivity contribution in [2.75, 3.05) is 6.54 Å². The average molecular weight is 294 g/mol. The summed E-state index contributed by atoms with van der Waals surface area (Å²) in [4.78, 5) is 0. The molecule has 0 aliphatic heterocycles. The molecule has 0 spiro atoms. The maximum absolute atomic E-state index is 3.87. The van der Waals surface area contributed by atoms with Gasteiger partial charge in [0, 0.05) is 6.04 Å². The van der Waals surface area contributed by atoms with E-state index in [1.807, 2.05) is 0 Å². The van der Waals surface area contributed by atoms with E-state index in [1.54, 1.807) is 0 Å². The molecule has 0 aromatic heterocycles. The van der Waals surface area contributed by atoms with Crippen LogP contribution in [0.4, 0.5) is 0 Å². The first-order chi connectivity index (χ1) is 10.0. The predicted molar refractivity (Wildman–Crippen MR) is 93.6 cm³/mol. The molecule has 2 aliphatic rings. The minimum absolute atomic E-state index is 0.559. The second-order valence-electron chi connectivity index (χ2n) is 8.76. The minimum Gasteiger partial charge on any atom is -0.314 e. The Kier molecular flexibility index (Phi) is 6.59. The van der Waals surface area contributed by atoms with Crippen molar-refractivity contribution in [3.63, 3.8) is 0 Å². The molecule has 2 fully saturated rings. The summed E-state index contributed by atoms with van der Waals surface area (Å²) in [5.41, 5.74) is 0.559. The van der Waals surface area contributed by atoms with E-state index in [1.165, 1.54) is 70.8 Å². The van der Waals surface area contributed by atoms with Crippen molar-refractivity contribution in [1.29, 1.82) is 0 Å². The summed E-state index contributed by atoms with van der Waals surface area (Å²) in [7, 11) is 0. The predicted octanol–water partition coefficient (Wildman–Crippen LogP) is 5.79. The van der Waals surface area contributed by atoms with E-state index >= 15 is 0 Å². The highest BCUT2D eigenvalue weighted by atomic mass is 14.9. The van der Waals surface area contributed by atoms with E-state index in [0.717, 1.165) is 23.8 Å². The van der Waals surface area contributed by atoms with Crippen LogP contribution in [0.3, 0.4) is 0 Å². The molecule has 0 heterocycles. The fourth-order valence-electron chi connectivity index (χ4n) is 4.48. The fraction of sp³-hybridized carbons (Fsp3) is 1.00. The van der Waals surface area contributed by atoms with Crippen LogP contribution in [-0.2, 0) is 0 Å². The Morgan fingerprint density at radius 3 is 2.10 bits per heavy atom. The van der Waals surface area contributed by atoms with Crippen molar-refractivity contribution in [3.05, 3.63) is 0 Å². The standard InChI is InChI=1S/C20H39N/c1-5-20(3,4)18-10-12-19(13-11-18)21-15-14-17-8-6-16(2)7-9-17/h16-19,21H,5-15H2,1-4H3. The van der Waals surface area contributed by atoms with Gasteiger partial charge in [-0.3, -0.25) is 0 Å². The highest BCUT2D eigenvalue weighted by Gasteiger charge is 2.31. The lowest BCUT2D eigenvalue weighted by Gasteiger charge is -2.39. The van der Waals surface area contributed by atoms with Crippen LogP contribution in [0.15, 0.2) is 0 Å².